The molecule has 0 saturated carbocycles. The maximum atomic E-state index is 12.0. The monoisotopic (exact) mass is 302 g/mol. The normalized spacial score (nSPS) is 17.2. The Labute approximate surface area is 125 Å². The van der Waals surface area contributed by atoms with E-state index in [1.165, 1.54) is 11.3 Å². The van der Waals surface area contributed by atoms with Gasteiger partial charge in [-0.25, -0.2) is 9.78 Å². The maximum absolute atomic E-state index is 12.0. The molecule has 1 aliphatic heterocycles. The molecule has 108 valence electrons. The highest BCUT2D eigenvalue weighted by atomic mass is 32.1. The van der Waals surface area contributed by atoms with Crippen molar-refractivity contribution in [2.24, 2.45) is 0 Å². The number of hydrogen-bond donors (Lipinski definition) is 3. The number of thiazole rings is 1. The van der Waals surface area contributed by atoms with Gasteiger partial charge in [-0.2, -0.15) is 0 Å². The average molecular weight is 302 g/mol. The molecule has 3 rings (SSSR count). The molecule has 6 nitrogen and oxygen atoms in total. The summed E-state index contributed by atoms with van der Waals surface area (Å²) in [5, 5.41) is 10.2. The van der Waals surface area contributed by atoms with Crippen molar-refractivity contribution < 1.29 is 9.59 Å². The number of nitrogens with one attached hydrogen (secondary N) is 3. The second-order valence-electron chi connectivity index (χ2n) is 4.75. The molecule has 1 aromatic carbocycles. The Hall–Kier alpha value is -2.41. The van der Waals surface area contributed by atoms with E-state index in [0.717, 1.165) is 16.8 Å². The van der Waals surface area contributed by atoms with Gasteiger partial charge in [0.25, 0.3) is 5.91 Å². The van der Waals surface area contributed by atoms with Crippen molar-refractivity contribution in [1.82, 2.24) is 15.6 Å². The molecule has 1 aliphatic rings. The Bertz CT molecular complexity index is 698. The third kappa shape index (κ3) is 2.87. The van der Waals surface area contributed by atoms with Gasteiger partial charge in [-0.3, -0.25) is 4.79 Å². The molecule has 2 heterocycles. The van der Waals surface area contributed by atoms with E-state index in [1.807, 2.05) is 36.6 Å². The first kappa shape index (κ1) is 13.6. The summed E-state index contributed by atoms with van der Waals surface area (Å²) >= 11 is 1.36. The van der Waals surface area contributed by atoms with Crippen molar-refractivity contribution in [3.05, 3.63) is 35.2 Å². The van der Waals surface area contributed by atoms with E-state index in [2.05, 4.69) is 20.9 Å². The van der Waals surface area contributed by atoms with Crippen LogP contribution in [0.25, 0.3) is 11.3 Å². The van der Waals surface area contributed by atoms with Gasteiger partial charge in [0.2, 0.25) is 0 Å². The average Bonchev–Trinajstić information content (AvgIpc) is 3.08. The van der Waals surface area contributed by atoms with E-state index < -0.39 is 6.04 Å². The highest BCUT2D eigenvalue weighted by Gasteiger charge is 2.27. The minimum Gasteiger partial charge on any atom is -0.336 e. The molecule has 3 N–H and O–H groups in total. The second kappa shape index (κ2) is 5.53. The fourth-order valence-corrected chi connectivity index (χ4v) is 2.83. The van der Waals surface area contributed by atoms with Crippen LogP contribution in [0.1, 0.15) is 5.56 Å². The van der Waals surface area contributed by atoms with Gasteiger partial charge in [-0.1, -0.05) is 24.3 Å². The molecule has 1 atom stereocenters. The van der Waals surface area contributed by atoms with Crippen molar-refractivity contribution in [1.29, 1.82) is 0 Å². The molecular formula is C14H14N4O2S. The SMILES string of the molecule is Cc1ccccc1-c1csc(NC(=O)[C@@H]2CNC(=O)N2)n1. The van der Waals surface area contributed by atoms with Crippen LogP contribution in [-0.2, 0) is 4.79 Å². The summed E-state index contributed by atoms with van der Waals surface area (Å²) in [5.74, 6) is -0.265. The van der Waals surface area contributed by atoms with Gasteiger partial charge < -0.3 is 16.0 Å². The number of aromatic nitrogens is 1. The molecule has 21 heavy (non-hydrogen) atoms. The third-order valence-corrected chi connectivity index (χ3v) is 4.00. The van der Waals surface area contributed by atoms with E-state index in [1.54, 1.807) is 0 Å². The lowest BCUT2D eigenvalue weighted by molar-refractivity contribution is -0.117. The Morgan fingerprint density at radius 1 is 1.43 bits per heavy atom. The minimum atomic E-state index is -0.552. The lowest BCUT2D eigenvalue weighted by Gasteiger charge is -2.07. The zero-order chi connectivity index (χ0) is 14.8. The molecule has 1 aromatic heterocycles. The number of carbonyl (C=O) groups is 2. The highest BCUT2D eigenvalue weighted by molar-refractivity contribution is 7.14. The highest BCUT2D eigenvalue weighted by Crippen LogP contribution is 2.27. The van der Waals surface area contributed by atoms with Gasteiger partial charge in [0.15, 0.2) is 5.13 Å². The van der Waals surface area contributed by atoms with Crippen LogP contribution < -0.4 is 16.0 Å². The number of rotatable bonds is 3. The van der Waals surface area contributed by atoms with Crippen molar-refractivity contribution in [3.63, 3.8) is 0 Å². The van der Waals surface area contributed by atoms with Crippen molar-refractivity contribution >= 4 is 28.4 Å². The smallest absolute Gasteiger partial charge is 0.315 e. The van der Waals surface area contributed by atoms with Crippen LogP contribution in [0.4, 0.5) is 9.93 Å². The van der Waals surface area contributed by atoms with E-state index in [-0.39, 0.29) is 11.9 Å². The van der Waals surface area contributed by atoms with Gasteiger partial charge in [-0.05, 0) is 12.5 Å². The zero-order valence-electron chi connectivity index (χ0n) is 11.3. The van der Waals surface area contributed by atoms with Crippen LogP contribution in [-0.4, -0.2) is 29.5 Å². The molecule has 0 bridgehead atoms. The predicted molar refractivity (Wildman–Crippen MR) is 81.2 cm³/mol. The number of nitrogens with zero attached hydrogens (tertiary/aromatic N) is 1. The molecule has 1 fully saturated rings. The summed E-state index contributed by atoms with van der Waals surface area (Å²) in [6.45, 7) is 2.31. The Kier molecular flexibility index (Phi) is 3.57. The molecular weight excluding hydrogens is 288 g/mol. The fraction of sp³-hybridized carbons (Fsp3) is 0.214. The van der Waals surface area contributed by atoms with Crippen molar-refractivity contribution in [2.75, 3.05) is 11.9 Å². The standard InChI is InChI=1S/C14H14N4O2S/c1-8-4-2-3-5-9(8)11-7-21-14(17-11)18-12(19)10-6-15-13(20)16-10/h2-5,7,10H,6H2,1H3,(H2,15,16,20)(H,17,18,19)/t10-/m0/s1. The molecule has 7 heteroatoms. The van der Waals surface area contributed by atoms with Crippen molar-refractivity contribution in [2.45, 2.75) is 13.0 Å². The van der Waals surface area contributed by atoms with Gasteiger partial charge in [0.1, 0.15) is 6.04 Å². The molecule has 0 aliphatic carbocycles. The molecule has 0 radical (unpaired) electrons. The summed E-state index contributed by atoms with van der Waals surface area (Å²) in [5.41, 5.74) is 3.01. The number of benzene rings is 1. The number of urea groups is 1. The first-order valence-corrected chi connectivity index (χ1v) is 7.38. The van der Waals surface area contributed by atoms with Crippen LogP contribution in [0, 0.1) is 6.92 Å². The number of amides is 3. The van der Waals surface area contributed by atoms with E-state index in [9.17, 15) is 9.59 Å². The lowest BCUT2D eigenvalue weighted by Crippen LogP contribution is -2.38. The van der Waals surface area contributed by atoms with Gasteiger partial charge in [0, 0.05) is 17.5 Å². The topological polar surface area (TPSA) is 83.1 Å². The number of carbonyl (C=O) groups excluding carboxylic acids is 2. The molecule has 1 saturated heterocycles. The Morgan fingerprint density at radius 2 is 2.24 bits per heavy atom. The number of anilines is 1. The van der Waals surface area contributed by atoms with Crippen molar-refractivity contribution in [3.8, 4) is 11.3 Å². The Morgan fingerprint density at radius 3 is 2.95 bits per heavy atom. The van der Waals surface area contributed by atoms with Crippen LogP contribution in [0.5, 0.6) is 0 Å². The number of hydrogen-bond acceptors (Lipinski definition) is 4. The minimum absolute atomic E-state index is 0.265. The molecule has 0 spiro atoms. The molecule has 2 aromatic rings. The molecule has 0 unspecified atom stereocenters. The van der Waals surface area contributed by atoms with Gasteiger partial charge >= 0.3 is 6.03 Å². The summed E-state index contributed by atoms with van der Waals surface area (Å²) < 4.78 is 0. The zero-order valence-corrected chi connectivity index (χ0v) is 12.2. The largest absolute Gasteiger partial charge is 0.336 e. The summed E-state index contributed by atoms with van der Waals surface area (Å²) in [7, 11) is 0. The third-order valence-electron chi connectivity index (χ3n) is 3.24. The summed E-state index contributed by atoms with van der Waals surface area (Å²) in [4.78, 5) is 27.4. The lowest BCUT2D eigenvalue weighted by atomic mass is 10.1. The first-order valence-electron chi connectivity index (χ1n) is 6.50. The summed E-state index contributed by atoms with van der Waals surface area (Å²) in [6.07, 6.45) is 0. The quantitative estimate of drug-likeness (QED) is 0.807. The van der Waals surface area contributed by atoms with Crippen LogP contribution in [0.3, 0.4) is 0 Å². The predicted octanol–water partition coefficient (Wildman–Crippen LogP) is 1.74. The molecule has 3 amide bonds. The second-order valence-corrected chi connectivity index (χ2v) is 5.61. The fourth-order valence-electron chi connectivity index (χ4n) is 2.12. The first-order chi connectivity index (χ1) is 10.1. The van der Waals surface area contributed by atoms with Crippen LogP contribution >= 0.6 is 11.3 Å². The maximum Gasteiger partial charge on any atom is 0.315 e. The van der Waals surface area contributed by atoms with E-state index in [4.69, 9.17) is 0 Å². The van der Waals surface area contributed by atoms with E-state index in [0.29, 0.717) is 11.7 Å². The van der Waals surface area contributed by atoms with Gasteiger partial charge in [-0.15, -0.1) is 11.3 Å². The number of aryl methyl sites for hydroxylation is 1. The summed E-state index contributed by atoms with van der Waals surface area (Å²) in [6, 6.07) is 7.07. The van der Waals surface area contributed by atoms with Gasteiger partial charge in [0.05, 0.1) is 5.69 Å². The van der Waals surface area contributed by atoms with Crippen LogP contribution in [0.15, 0.2) is 29.6 Å². The van der Waals surface area contributed by atoms with E-state index >= 15 is 0 Å². The van der Waals surface area contributed by atoms with Crippen LogP contribution in [0.2, 0.25) is 0 Å². The Balaban J connectivity index is 1.72.